The van der Waals surface area contributed by atoms with Gasteiger partial charge in [0.25, 0.3) is 0 Å². The number of cyclic esters (lactones) is 1. The molecule has 2 aliphatic heterocycles. The van der Waals surface area contributed by atoms with Crippen molar-refractivity contribution < 1.29 is 28.6 Å². The van der Waals surface area contributed by atoms with Gasteiger partial charge in [-0.2, -0.15) is 0 Å². The number of Topliss-reactive ketones (excluding diaryl/α,β-unsaturated/α-hetero) is 1. The molecule has 2 aromatic heterocycles. The fraction of sp³-hybridized carbons (Fsp3) is 0.677. The molecule has 1 N–H and O–H groups in total. The third-order valence-corrected chi connectivity index (χ3v) is 10.7. The maximum absolute atomic E-state index is 13.5. The molecule has 4 rings (SSSR count). The van der Waals surface area contributed by atoms with Crippen molar-refractivity contribution in [2.45, 2.75) is 103 Å². The van der Waals surface area contributed by atoms with Crippen molar-refractivity contribution in [1.29, 1.82) is 0 Å². The summed E-state index contributed by atoms with van der Waals surface area (Å²) in [6.07, 6.45) is 8.06. The van der Waals surface area contributed by atoms with Gasteiger partial charge in [-0.05, 0) is 59.3 Å². The zero-order chi connectivity index (χ0) is 32.9. The van der Waals surface area contributed by atoms with Crippen LogP contribution in [0.3, 0.4) is 0 Å². The molecule has 2 aliphatic rings. The van der Waals surface area contributed by atoms with Gasteiger partial charge in [-0.1, -0.05) is 31.2 Å². The highest BCUT2D eigenvalue weighted by atomic mass is 32.1. The lowest BCUT2D eigenvalue weighted by Gasteiger charge is -2.40. The average molecular weight is 643 g/mol. The lowest BCUT2D eigenvalue weighted by molar-refractivity contribution is -0.170. The van der Waals surface area contributed by atoms with Crippen LogP contribution in [0.4, 0.5) is 4.79 Å². The molecule has 45 heavy (non-hydrogen) atoms. The van der Waals surface area contributed by atoms with Crippen molar-refractivity contribution in [3.63, 3.8) is 0 Å². The van der Waals surface area contributed by atoms with Crippen molar-refractivity contribution >= 4 is 37.0 Å². The molecular weight excluding hydrogens is 595 g/mol. The van der Waals surface area contributed by atoms with Gasteiger partial charge in [0.15, 0.2) is 5.60 Å². The molecule has 0 unspecified atom stereocenters. The summed E-state index contributed by atoms with van der Waals surface area (Å²) in [7, 11) is 3.68. The molecule has 2 saturated heterocycles. The number of methoxy groups -OCH3 is 1. The predicted molar refractivity (Wildman–Crippen MR) is 174 cm³/mol. The van der Waals surface area contributed by atoms with E-state index in [-0.39, 0.29) is 24.2 Å². The Kier molecular flexibility index (Phi) is 11.2. The Balaban J connectivity index is 1.57. The van der Waals surface area contributed by atoms with Gasteiger partial charge in [0.2, 0.25) is 0 Å². The van der Waals surface area contributed by atoms with E-state index in [1.807, 2.05) is 66.2 Å². The lowest BCUT2D eigenvalue weighted by atomic mass is 9.63. The summed E-state index contributed by atoms with van der Waals surface area (Å²) < 4.78 is 19.8. The molecule has 14 heteroatoms. The minimum Gasteiger partial charge on any atom is -0.458 e. The van der Waals surface area contributed by atoms with E-state index in [9.17, 15) is 14.4 Å². The van der Waals surface area contributed by atoms with Crippen LogP contribution >= 0.6 is 11.3 Å². The Labute approximate surface area is 270 Å². The number of hydrogen-bond acceptors (Lipinski definition) is 11. The Morgan fingerprint density at radius 1 is 1.20 bits per heavy atom. The van der Waals surface area contributed by atoms with Crippen molar-refractivity contribution in [1.82, 2.24) is 30.2 Å². The molecule has 0 radical (unpaired) electrons. The van der Waals surface area contributed by atoms with Crippen LogP contribution in [0.5, 0.6) is 0 Å². The van der Waals surface area contributed by atoms with E-state index >= 15 is 0 Å². The zero-order valence-corrected chi connectivity index (χ0v) is 28.5. The number of carbonyl (C=O) groups excluding carboxylic acids is 3. The Morgan fingerprint density at radius 2 is 1.93 bits per heavy atom. The van der Waals surface area contributed by atoms with Crippen molar-refractivity contribution in [2.75, 3.05) is 20.2 Å². The van der Waals surface area contributed by atoms with E-state index in [2.05, 4.69) is 20.6 Å². The first-order chi connectivity index (χ1) is 21.4. The van der Waals surface area contributed by atoms with E-state index in [1.165, 1.54) is 11.3 Å². The number of rotatable bonds is 7. The first kappa shape index (κ1) is 34.8. The summed E-state index contributed by atoms with van der Waals surface area (Å²) in [6, 6.07) is -0.661. The highest BCUT2D eigenvalue weighted by Gasteiger charge is 2.58. The summed E-state index contributed by atoms with van der Waals surface area (Å²) >= 11 is 1.50. The molecule has 0 aliphatic carbocycles. The quantitative estimate of drug-likeness (QED) is 0.207. The van der Waals surface area contributed by atoms with E-state index in [1.54, 1.807) is 29.8 Å². The maximum Gasteiger partial charge on any atom is 0.411 e. The zero-order valence-electron chi connectivity index (χ0n) is 27.7. The molecule has 0 bridgehead atoms. The Hall–Kier alpha value is -3.10. The first-order valence-corrected chi connectivity index (χ1v) is 16.7. The van der Waals surface area contributed by atoms with Crippen molar-refractivity contribution in [2.24, 2.45) is 11.8 Å². The minimum absolute atomic E-state index is 0.119. The van der Waals surface area contributed by atoms with Gasteiger partial charge in [0.1, 0.15) is 36.4 Å². The molecule has 0 spiro atoms. The minimum atomic E-state index is -1.15. The number of nitrogens with zero attached hydrogens (tertiary/aromatic N) is 5. The predicted octanol–water partition coefficient (Wildman–Crippen LogP) is 3.30. The number of thiazole rings is 1. The van der Waals surface area contributed by atoms with Gasteiger partial charge < -0.3 is 19.5 Å². The molecule has 0 saturated carbocycles. The van der Waals surface area contributed by atoms with Gasteiger partial charge in [0, 0.05) is 37.2 Å². The monoisotopic (exact) mass is 642 g/mol. The van der Waals surface area contributed by atoms with E-state index in [4.69, 9.17) is 14.2 Å². The third kappa shape index (κ3) is 7.33. The fourth-order valence-electron chi connectivity index (χ4n) is 6.68. The normalized spacial score (nSPS) is 33.8. The SMILES string of the molecule is B[C@@H]1[C@@H](C)C(=O)[C@@H](C)C(=O)O[C@H](CC)[C@@]2(C)OC(=O)N(C/C=C/Cn3cc(-c4nccs4)nn3)[C@@H]2[C@H](C)NCCC[C@@]1(C)OC. The fourth-order valence-corrected chi connectivity index (χ4v) is 7.26. The summed E-state index contributed by atoms with van der Waals surface area (Å²) in [5.74, 6) is -2.30. The third-order valence-electron chi connectivity index (χ3n) is 9.88. The van der Waals surface area contributed by atoms with Crippen molar-refractivity contribution in [3.05, 3.63) is 29.9 Å². The number of carbonyl (C=O) groups is 3. The van der Waals surface area contributed by atoms with Gasteiger partial charge in [0.05, 0.1) is 24.4 Å². The van der Waals surface area contributed by atoms with Gasteiger partial charge in [-0.15, -0.1) is 16.4 Å². The smallest absolute Gasteiger partial charge is 0.411 e. The standard InChI is InChI=1S/C31H47BN6O6S/c1-8-23-31(6)26(38(29(41)44-31)16-10-9-15-37-18-22(35-36-37)27-34-14-17-45-27)21(4)33-13-11-12-30(5,42-7)25(32)19(2)24(39)20(3)28(40)43-23/h9-10,14,17-21,23,25-26,33H,8,11-13,15-16,32H2,1-7H3/b10-9+/t19-,20+,21-,23+,25+,26+,30+,31+/m0/s1. The van der Waals surface area contributed by atoms with E-state index in [0.717, 1.165) is 17.8 Å². The maximum atomic E-state index is 13.5. The molecule has 12 nitrogen and oxygen atoms in total. The second-order valence-corrected chi connectivity index (χ2v) is 13.6. The highest BCUT2D eigenvalue weighted by molar-refractivity contribution is 7.13. The lowest BCUT2D eigenvalue weighted by Crippen LogP contribution is -2.60. The average Bonchev–Trinajstić information content (AvgIpc) is 3.78. The summed E-state index contributed by atoms with van der Waals surface area (Å²) in [5, 5.41) is 14.7. The second kappa shape index (κ2) is 14.6. The Bertz CT molecular complexity index is 1360. The Morgan fingerprint density at radius 3 is 2.60 bits per heavy atom. The van der Waals surface area contributed by atoms with Gasteiger partial charge in [-0.25, -0.2) is 14.5 Å². The number of fused-ring (bicyclic) bond motifs is 1. The molecule has 2 aromatic rings. The molecule has 1 amide bonds. The van der Waals surface area contributed by atoms with Crippen LogP contribution in [0.15, 0.2) is 29.9 Å². The summed E-state index contributed by atoms with van der Waals surface area (Å²) in [5.41, 5.74) is -1.00. The number of amides is 1. The van der Waals surface area contributed by atoms with Crippen LogP contribution < -0.4 is 5.32 Å². The molecule has 2 fully saturated rings. The van der Waals surface area contributed by atoms with Crippen molar-refractivity contribution in [3.8, 4) is 10.7 Å². The van der Waals surface area contributed by atoms with Gasteiger partial charge in [-0.3, -0.25) is 14.5 Å². The number of hydrogen-bond donors (Lipinski definition) is 1. The number of allylic oxidation sites excluding steroid dienone is 1. The van der Waals surface area contributed by atoms with Crippen LogP contribution in [-0.4, -0.2) is 100 Å². The van der Waals surface area contributed by atoms with Crippen LogP contribution in [0, 0.1) is 11.8 Å². The number of aromatic nitrogens is 4. The van der Waals surface area contributed by atoms with Crippen LogP contribution in [0.25, 0.3) is 10.7 Å². The first-order valence-electron chi connectivity index (χ1n) is 15.8. The van der Waals surface area contributed by atoms with E-state index < -0.39 is 47.2 Å². The van der Waals surface area contributed by atoms with Gasteiger partial charge >= 0.3 is 12.1 Å². The number of nitrogens with one attached hydrogen (secondary N) is 1. The topological polar surface area (TPSA) is 138 Å². The molecule has 246 valence electrons. The van der Waals surface area contributed by atoms with Crippen LogP contribution in [0.2, 0.25) is 5.82 Å². The van der Waals surface area contributed by atoms with E-state index in [0.29, 0.717) is 25.2 Å². The second-order valence-electron chi connectivity index (χ2n) is 12.7. The number of ether oxygens (including phenoxy) is 3. The number of ketones is 1. The molecule has 0 aromatic carbocycles. The largest absolute Gasteiger partial charge is 0.458 e. The molecule has 8 atom stereocenters. The molecule has 4 heterocycles. The highest BCUT2D eigenvalue weighted by Crippen LogP contribution is 2.40. The summed E-state index contributed by atoms with van der Waals surface area (Å²) in [4.78, 5) is 46.3. The number of esters is 1. The molecular formula is C31H47BN6O6S. The van der Waals surface area contributed by atoms with Crippen LogP contribution in [0.1, 0.15) is 60.8 Å². The van der Waals surface area contributed by atoms with Crippen LogP contribution in [-0.2, 0) is 30.3 Å². The summed E-state index contributed by atoms with van der Waals surface area (Å²) in [6.45, 7) is 12.6.